The van der Waals surface area contributed by atoms with Gasteiger partial charge in [-0.2, -0.15) is 0 Å². The van der Waals surface area contributed by atoms with Crippen molar-refractivity contribution in [3.05, 3.63) is 226 Å². The largest absolute Gasteiger partial charge is 0.345 e. The van der Waals surface area contributed by atoms with Gasteiger partial charge in [0.15, 0.2) is 41.1 Å². The minimum atomic E-state index is -0.906. The molecule has 0 aromatic heterocycles. The molecule has 8 heteroatoms. The van der Waals surface area contributed by atoms with Gasteiger partial charge in [0.05, 0.1) is 24.4 Å². The molecule has 143 heavy (non-hydrogen) atoms. The summed E-state index contributed by atoms with van der Waals surface area (Å²) < 4.78 is 35.6. The highest BCUT2D eigenvalue weighted by atomic mass is 16.8. The Labute approximate surface area is 879 Å². The van der Waals surface area contributed by atoms with Gasteiger partial charge in [-0.25, -0.2) is 0 Å². The van der Waals surface area contributed by atoms with Gasteiger partial charge >= 0.3 is 0 Å². The summed E-state index contributed by atoms with van der Waals surface area (Å²) in [5.74, 6) is -1.95. The lowest BCUT2D eigenvalue weighted by atomic mass is 9.74. The molecule has 0 aliphatic carbocycles. The van der Waals surface area contributed by atoms with Gasteiger partial charge in [0.1, 0.15) is 0 Å². The van der Waals surface area contributed by atoms with E-state index >= 15 is 0 Å². The highest BCUT2D eigenvalue weighted by Gasteiger charge is 2.53. The molecule has 3 aliphatic heterocycles. The predicted octanol–water partition coefficient (Wildman–Crippen LogP) is 40.7. The van der Waals surface area contributed by atoms with Gasteiger partial charge < -0.3 is 28.4 Å². The monoisotopic (exact) mass is 1960 g/mol. The van der Waals surface area contributed by atoms with Crippen molar-refractivity contribution >= 4 is 54.7 Å². The second-order valence-corrected chi connectivity index (χ2v) is 52.5. The van der Waals surface area contributed by atoms with E-state index in [1.807, 2.05) is 152 Å². The number of benzene rings is 10. The predicted molar refractivity (Wildman–Crippen MR) is 632 cm³/mol. The van der Waals surface area contributed by atoms with Gasteiger partial charge in [0, 0.05) is 10.8 Å². The maximum atomic E-state index is 12.4. The van der Waals surface area contributed by atoms with Crippen molar-refractivity contribution in [3.63, 3.8) is 0 Å². The van der Waals surface area contributed by atoms with Crippen molar-refractivity contribution in [1.29, 1.82) is 0 Å². The maximum absolute atomic E-state index is 12.4. The first-order chi connectivity index (χ1) is 65.4. The van der Waals surface area contributed by atoms with Crippen molar-refractivity contribution in [2.45, 2.75) is 500 Å². The molecular formula is C135H212O8. The zero-order valence-corrected chi connectivity index (χ0v) is 102. The fraction of sp³-hybridized carbons (Fsp3) is 0.600. The topological polar surface area (TPSA) is 89.5 Å². The molecule has 3 unspecified atom stereocenters. The molecule has 13 rings (SSSR count). The van der Waals surface area contributed by atoms with E-state index in [9.17, 15) is 9.59 Å². The van der Waals surface area contributed by atoms with Crippen LogP contribution in [-0.4, -0.2) is 65.6 Å². The fourth-order valence-corrected chi connectivity index (χ4v) is 18.8. The molecule has 6 atom stereocenters. The molecule has 0 bridgehead atoms. The number of aryl methyl sites for hydroxylation is 2. The SMILES string of the molecule is CC.CC.CC.CC.CC.CC.CC(C)(C)CC1OC(C)(C)O[C@@H]1CC(C)(C)C.CC(C)(C)CC1OC(C)(C)O[C@H]1CC(C)(C)C.CC(C)(C)c1ccc2ccccc2c1-c1c(C(C)(C)C)ccc2ccccc12.CC(C)(C)c1ccc2ccccc2c1-c1c(C(C)(C)C)ccc2ccccc12.CC1(C)OC(C(=O)C(C)(C)C)[C@H](C(=O)C(C)(C)C)O1.Cc1cccc(C(C)(C)C)c1-c1c(C)cccc1C(C)(C)C. The van der Waals surface area contributed by atoms with Crippen molar-refractivity contribution < 1.29 is 38.0 Å². The second kappa shape index (κ2) is 53.0. The Morgan fingerprint density at radius 2 is 0.385 bits per heavy atom. The van der Waals surface area contributed by atoms with Crippen LogP contribution in [0.2, 0.25) is 0 Å². The highest BCUT2D eigenvalue weighted by Crippen LogP contribution is 2.51. The third kappa shape index (κ3) is 38.8. The molecule has 0 radical (unpaired) electrons. The summed E-state index contributed by atoms with van der Waals surface area (Å²) >= 11 is 0. The first-order valence-electron chi connectivity index (χ1n) is 54.9. The highest BCUT2D eigenvalue weighted by molar-refractivity contribution is 6.10. The lowest BCUT2D eigenvalue weighted by Crippen LogP contribution is -2.46. The quantitative estimate of drug-likeness (QED) is 0.141. The van der Waals surface area contributed by atoms with E-state index in [2.05, 4.69) is 404 Å². The molecule has 0 saturated carbocycles. The van der Waals surface area contributed by atoms with E-state index in [4.69, 9.17) is 28.4 Å². The summed E-state index contributed by atoms with van der Waals surface area (Å²) in [6, 6.07) is 67.2. The molecule has 3 saturated heterocycles. The molecule has 10 aromatic carbocycles. The zero-order chi connectivity index (χ0) is 111. The molecule has 3 aliphatic rings. The number of ether oxygens (including phenoxy) is 6. The Morgan fingerprint density at radius 3 is 0.552 bits per heavy atom. The summed E-state index contributed by atoms with van der Waals surface area (Å²) in [4.78, 5) is 24.9. The van der Waals surface area contributed by atoms with Gasteiger partial charge in [0.25, 0.3) is 0 Å². The molecule has 3 fully saturated rings. The van der Waals surface area contributed by atoms with Gasteiger partial charge in [-0.1, -0.05) is 514 Å². The third-order valence-corrected chi connectivity index (χ3v) is 24.8. The first kappa shape index (κ1) is 131. The standard InChI is InChI=1S/2C28H30.C22H30.C15H26O4.2C15H30O2.6C2H6/c2*1-27(2,3)23-17-15-19-11-7-9-13-21(19)25(23)26-22-14-10-8-12-20(22)16-18-24(26)28(4,5)6;1-15-11-9-13-17(21(3,4)5)19(15)20-16(2)12-10-14-18(20)22(6,7)8;1-13(2,3)11(16)9-10(12(17)14(4,5)6)19-15(7,8)18-9;2*1-13(2,3)9-11-12(10-14(4,5)6)17-15(7,8)16-11;6*1-2/h2*7-18H,1-6H3;9-14H,1-8H3;9-10H,1-8H3;2*11-12H,9-10H2,1-8H3;6*1-2H3/t;;;9-,10?;2*11-,12?;;;;;;/m...110....../s1. The number of hydrogen-bond acceptors (Lipinski definition) is 8. The van der Waals surface area contributed by atoms with Crippen LogP contribution >= 0.6 is 0 Å². The lowest BCUT2D eigenvalue weighted by Gasteiger charge is -2.30. The van der Waals surface area contributed by atoms with Crippen LogP contribution in [0.5, 0.6) is 0 Å². The number of hydrogen-bond donors (Lipinski definition) is 0. The third-order valence-electron chi connectivity index (χ3n) is 24.8. The smallest absolute Gasteiger partial charge is 0.170 e. The van der Waals surface area contributed by atoms with Gasteiger partial charge in [0.2, 0.25) is 0 Å². The van der Waals surface area contributed by atoms with E-state index in [0.29, 0.717) is 0 Å². The number of rotatable bonds is 9. The van der Waals surface area contributed by atoms with Crippen LogP contribution in [0, 0.1) is 46.3 Å². The Hall–Kier alpha value is -7.66. The Balaban J connectivity index is 0.000000574. The van der Waals surface area contributed by atoms with Crippen LogP contribution < -0.4 is 0 Å². The van der Waals surface area contributed by atoms with E-state index in [1.54, 1.807) is 13.8 Å². The van der Waals surface area contributed by atoms with Crippen LogP contribution in [0.3, 0.4) is 0 Å². The molecule has 800 valence electrons. The van der Waals surface area contributed by atoms with Crippen LogP contribution in [0.15, 0.2) is 182 Å². The fourth-order valence-electron chi connectivity index (χ4n) is 18.8. The first-order valence-corrected chi connectivity index (χ1v) is 54.9. The number of Topliss-reactive ketones (excluding diaryl/α,β-unsaturated/α-hetero) is 2. The number of carbonyl (C=O) groups is 2. The minimum Gasteiger partial charge on any atom is -0.345 e. The van der Waals surface area contributed by atoms with E-state index < -0.39 is 40.4 Å². The Bertz CT molecular complexity index is 4990. The molecule has 8 nitrogen and oxygen atoms in total. The molecule has 0 amide bonds. The molecule has 0 spiro atoms. The lowest BCUT2D eigenvalue weighted by molar-refractivity contribution is -0.162. The number of fused-ring (bicyclic) bond motifs is 4. The summed E-state index contributed by atoms with van der Waals surface area (Å²) in [5, 5.41) is 10.6. The minimum absolute atomic E-state index is 0.0610. The van der Waals surface area contributed by atoms with E-state index in [0.717, 1.165) is 25.7 Å². The zero-order valence-electron chi connectivity index (χ0n) is 102. The summed E-state index contributed by atoms with van der Waals surface area (Å²) in [7, 11) is 0. The second-order valence-electron chi connectivity index (χ2n) is 52.5. The molecule has 3 heterocycles. The average Bonchev–Trinajstić information content (AvgIpc) is 1.62. The molecular weight excluding hydrogens is 1750 g/mol. The number of ketones is 2. The normalized spacial score (nSPS) is 17.8. The van der Waals surface area contributed by atoms with Crippen LogP contribution in [-0.2, 0) is 70.5 Å². The van der Waals surface area contributed by atoms with Crippen LogP contribution in [0.4, 0.5) is 0 Å². The Morgan fingerprint density at radius 1 is 0.217 bits per heavy atom. The van der Waals surface area contributed by atoms with Crippen molar-refractivity contribution in [3.8, 4) is 33.4 Å². The summed E-state index contributed by atoms with van der Waals surface area (Å²) in [6.07, 6.45) is 3.48. The van der Waals surface area contributed by atoms with Crippen LogP contribution in [0.25, 0.3) is 76.5 Å². The summed E-state index contributed by atoms with van der Waals surface area (Å²) in [6.45, 7) is 120. The van der Waals surface area contributed by atoms with Crippen molar-refractivity contribution in [2.75, 3.05) is 0 Å². The average molecular weight is 1960 g/mol. The van der Waals surface area contributed by atoms with Gasteiger partial charge in [-0.05, 0) is 256 Å². The van der Waals surface area contributed by atoms with Gasteiger partial charge in [-0.3, -0.25) is 9.59 Å². The van der Waals surface area contributed by atoms with Crippen LogP contribution in [0.1, 0.15) is 444 Å². The molecule has 0 N–H and O–H groups in total. The van der Waals surface area contributed by atoms with Crippen molar-refractivity contribution in [2.24, 2.45) is 32.5 Å². The summed E-state index contributed by atoms with van der Waals surface area (Å²) in [5.41, 5.74) is 20.2. The Kier molecular flexibility index (Phi) is 48.7. The van der Waals surface area contributed by atoms with E-state index in [1.165, 1.54) is 121 Å². The van der Waals surface area contributed by atoms with Crippen molar-refractivity contribution in [1.82, 2.24) is 0 Å². The number of carbonyl (C=O) groups excluding carboxylic acids is 2. The maximum Gasteiger partial charge on any atom is 0.170 e. The van der Waals surface area contributed by atoms with E-state index in [-0.39, 0.29) is 90.1 Å². The molecule has 10 aromatic rings. The van der Waals surface area contributed by atoms with Gasteiger partial charge in [-0.15, -0.1) is 0 Å².